The van der Waals surface area contributed by atoms with E-state index in [2.05, 4.69) is 77.6 Å². The van der Waals surface area contributed by atoms with Crippen LogP contribution >= 0.6 is 0 Å². The van der Waals surface area contributed by atoms with Crippen molar-refractivity contribution in [3.05, 3.63) is 163 Å². The fourth-order valence-electron chi connectivity index (χ4n) is 5.85. The molecule has 0 fully saturated rings. The Balaban J connectivity index is 1.28. The minimum absolute atomic E-state index is 0.516. The molecule has 0 spiro atoms. The van der Waals surface area contributed by atoms with Gasteiger partial charge < -0.3 is 4.42 Å². The lowest BCUT2D eigenvalue weighted by Crippen LogP contribution is -1.96. The molecule has 210 valence electrons. The number of aromatic nitrogens is 2. The highest BCUT2D eigenvalue weighted by Gasteiger charge is 2.17. The van der Waals surface area contributed by atoms with E-state index in [4.69, 9.17) is 21.0 Å². The summed E-state index contributed by atoms with van der Waals surface area (Å²) >= 11 is 0. The molecule has 0 aliphatic rings. The van der Waals surface area contributed by atoms with Crippen molar-refractivity contribution in [1.82, 2.24) is 9.97 Å². The van der Waals surface area contributed by atoms with E-state index < -0.39 is 0 Å². The molecule has 0 aliphatic carbocycles. The molecule has 2 heterocycles. The van der Waals surface area contributed by atoms with Gasteiger partial charge in [0.15, 0.2) is 11.5 Å². The molecule has 4 heteroatoms. The van der Waals surface area contributed by atoms with Gasteiger partial charge in [0.1, 0.15) is 11.2 Å². The summed E-state index contributed by atoms with van der Waals surface area (Å²) in [5.41, 5.74) is 10.8. The predicted octanol–water partition coefficient (Wildman–Crippen LogP) is 11.3. The zero-order valence-corrected chi connectivity index (χ0v) is 24.2. The molecule has 0 atom stereocenters. The zero-order valence-electron chi connectivity index (χ0n) is 24.2. The van der Waals surface area contributed by atoms with Crippen LogP contribution < -0.4 is 0 Å². The lowest BCUT2D eigenvalue weighted by molar-refractivity contribution is 0.669. The van der Waals surface area contributed by atoms with Crippen LogP contribution in [0.15, 0.2) is 156 Å². The van der Waals surface area contributed by atoms with Gasteiger partial charge in [-0.05, 0) is 46.5 Å². The number of rotatable bonds is 5. The highest BCUT2D eigenvalue weighted by atomic mass is 16.3. The van der Waals surface area contributed by atoms with E-state index in [0.717, 1.165) is 66.7 Å². The third kappa shape index (κ3) is 4.93. The largest absolute Gasteiger partial charge is 0.457 e. The van der Waals surface area contributed by atoms with Crippen molar-refractivity contribution in [2.24, 2.45) is 0 Å². The molecular weight excluding hydrogens is 550 g/mol. The van der Waals surface area contributed by atoms with Crippen LogP contribution in [0.2, 0.25) is 0 Å². The first-order chi connectivity index (χ1) is 22.2. The van der Waals surface area contributed by atoms with Crippen molar-refractivity contribution in [3.8, 4) is 56.2 Å². The van der Waals surface area contributed by atoms with Crippen molar-refractivity contribution in [2.45, 2.75) is 0 Å². The summed E-state index contributed by atoms with van der Waals surface area (Å²) in [7, 11) is 0. The topological polar surface area (TPSA) is 43.3 Å². The Morgan fingerprint density at radius 1 is 0.444 bits per heavy atom. The first-order valence-electron chi connectivity index (χ1n) is 14.8. The maximum atomic E-state index is 7.98. The number of furan rings is 1. The average Bonchev–Trinajstić information content (AvgIpc) is 3.51. The molecule has 0 amide bonds. The van der Waals surface area contributed by atoms with Gasteiger partial charge in [-0.3, -0.25) is 0 Å². The number of hydrogen-bond donors (Lipinski definition) is 0. The first kappa shape index (κ1) is 26.3. The standard InChI is InChI=1S/C41H25N3O/c1-42-37-24-33(25-39-40(37)34-14-8-9-15-38(34)45-39)41-43-35(31-20-16-29(17-21-31)27-10-4-2-5-11-27)26-36(44-41)32-22-18-30(19-23-32)28-12-6-3-7-13-28/h2-26H. The highest BCUT2D eigenvalue weighted by molar-refractivity contribution is 6.12. The minimum Gasteiger partial charge on any atom is -0.457 e. The molecule has 0 aliphatic heterocycles. The molecule has 2 aromatic heterocycles. The maximum Gasteiger partial charge on any atom is 0.199 e. The van der Waals surface area contributed by atoms with E-state index in [1.54, 1.807) is 0 Å². The summed E-state index contributed by atoms with van der Waals surface area (Å²) in [5, 5.41) is 1.74. The molecule has 0 N–H and O–H groups in total. The van der Waals surface area contributed by atoms with E-state index in [9.17, 15) is 0 Å². The number of nitrogens with zero attached hydrogens (tertiary/aromatic N) is 3. The van der Waals surface area contributed by atoms with Crippen LogP contribution in [0.4, 0.5) is 5.69 Å². The summed E-state index contributed by atoms with van der Waals surface area (Å²) in [4.78, 5) is 14.0. The molecule has 6 aromatic carbocycles. The van der Waals surface area contributed by atoms with Crippen LogP contribution in [0, 0.1) is 6.57 Å². The fraction of sp³-hybridized carbons (Fsp3) is 0. The third-order valence-corrected chi connectivity index (χ3v) is 8.14. The van der Waals surface area contributed by atoms with Gasteiger partial charge >= 0.3 is 0 Å². The van der Waals surface area contributed by atoms with E-state index in [1.165, 1.54) is 0 Å². The summed E-state index contributed by atoms with van der Waals surface area (Å²) in [5.74, 6) is 0.536. The van der Waals surface area contributed by atoms with E-state index in [-0.39, 0.29) is 0 Å². The van der Waals surface area contributed by atoms with Crippen molar-refractivity contribution >= 4 is 27.6 Å². The molecule has 45 heavy (non-hydrogen) atoms. The highest BCUT2D eigenvalue weighted by Crippen LogP contribution is 2.39. The number of hydrogen-bond acceptors (Lipinski definition) is 3. The van der Waals surface area contributed by atoms with Crippen LogP contribution in [-0.4, -0.2) is 9.97 Å². The molecular formula is C41H25N3O. The van der Waals surface area contributed by atoms with E-state index in [1.807, 2.05) is 78.9 Å². The molecule has 0 radical (unpaired) electrons. The summed E-state index contributed by atoms with van der Waals surface area (Å²) in [6.45, 7) is 7.98. The average molecular weight is 576 g/mol. The molecule has 8 rings (SSSR count). The van der Waals surface area contributed by atoms with Gasteiger partial charge in [-0.1, -0.05) is 127 Å². The molecule has 0 unspecified atom stereocenters. The Bertz CT molecular complexity index is 2250. The number of fused-ring (bicyclic) bond motifs is 3. The predicted molar refractivity (Wildman–Crippen MR) is 183 cm³/mol. The Kier molecular flexibility index (Phi) is 6.48. The second-order valence-electron chi connectivity index (χ2n) is 10.9. The van der Waals surface area contributed by atoms with Crippen molar-refractivity contribution < 1.29 is 4.42 Å². The Labute approximate surface area is 260 Å². The summed E-state index contributed by atoms with van der Waals surface area (Å²) < 4.78 is 6.20. The minimum atomic E-state index is 0.516. The Morgan fingerprint density at radius 2 is 0.933 bits per heavy atom. The SMILES string of the molecule is [C-]#[N+]c1cc(-c2nc(-c3ccc(-c4ccccc4)cc3)cc(-c3ccc(-c4ccccc4)cc3)n2)cc2oc3ccccc3c12. The van der Waals surface area contributed by atoms with Gasteiger partial charge in [-0.2, -0.15) is 0 Å². The molecule has 0 bridgehead atoms. The van der Waals surface area contributed by atoms with Gasteiger partial charge in [0.25, 0.3) is 0 Å². The van der Waals surface area contributed by atoms with Gasteiger partial charge in [0.05, 0.1) is 18.0 Å². The summed E-state index contributed by atoms with van der Waals surface area (Å²) in [6.07, 6.45) is 0. The molecule has 4 nitrogen and oxygen atoms in total. The van der Waals surface area contributed by atoms with Gasteiger partial charge in [0.2, 0.25) is 0 Å². The monoisotopic (exact) mass is 575 g/mol. The van der Waals surface area contributed by atoms with Crippen LogP contribution in [-0.2, 0) is 0 Å². The Morgan fingerprint density at radius 3 is 1.49 bits per heavy atom. The van der Waals surface area contributed by atoms with Crippen molar-refractivity contribution in [3.63, 3.8) is 0 Å². The van der Waals surface area contributed by atoms with E-state index >= 15 is 0 Å². The third-order valence-electron chi connectivity index (χ3n) is 8.14. The normalized spacial score (nSPS) is 11.1. The van der Waals surface area contributed by atoms with Crippen molar-refractivity contribution in [1.29, 1.82) is 0 Å². The quantitative estimate of drug-likeness (QED) is 0.192. The smallest absolute Gasteiger partial charge is 0.199 e. The lowest BCUT2D eigenvalue weighted by atomic mass is 10.0. The lowest BCUT2D eigenvalue weighted by Gasteiger charge is -2.11. The van der Waals surface area contributed by atoms with Crippen LogP contribution in [0.25, 0.3) is 82.9 Å². The fourth-order valence-corrected chi connectivity index (χ4v) is 5.85. The van der Waals surface area contributed by atoms with Crippen LogP contribution in [0.3, 0.4) is 0 Å². The molecule has 8 aromatic rings. The van der Waals surface area contributed by atoms with Gasteiger partial charge in [0, 0.05) is 27.5 Å². The van der Waals surface area contributed by atoms with E-state index in [0.29, 0.717) is 17.1 Å². The van der Waals surface area contributed by atoms with Crippen molar-refractivity contribution in [2.75, 3.05) is 0 Å². The Hall–Kier alpha value is -6.31. The number of para-hydroxylation sites is 1. The number of benzene rings is 6. The van der Waals surface area contributed by atoms with Crippen LogP contribution in [0.5, 0.6) is 0 Å². The first-order valence-corrected chi connectivity index (χ1v) is 14.8. The zero-order chi connectivity index (χ0) is 30.2. The maximum absolute atomic E-state index is 7.98. The second-order valence-corrected chi connectivity index (χ2v) is 10.9. The second kappa shape index (κ2) is 11.1. The van der Waals surface area contributed by atoms with Gasteiger partial charge in [-0.25, -0.2) is 14.8 Å². The van der Waals surface area contributed by atoms with Crippen LogP contribution in [0.1, 0.15) is 0 Å². The molecule has 0 saturated heterocycles. The molecule has 0 saturated carbocycles. The summed E-state index contributed by atoms with van der Waals surface area (Å²) in [6, 6.07) is 51.2. The van der Waals surface area contributed by atoms with Gasteiger partial charge in [-0.15, -0.1) is 0 Å².